The normalized spacial score (nSPS) is 17.9. The molecular formula is C15H17N3O5. The Morgan fingerprint density at radius 1 is 1.30 bits per heavy atom. The zero-order valence-electron chi connectivity index (χ0n) is 12.7. The van der Waals surface area contributed by atoms with E-state index in [1.165, 1.54) is 14.0 Å². The van der Waals surface area contributed by atoms with E-state index >= 15 is 0 Å². The van der Waals surface area contributed by atoms with Gasteiger partial charge in [-0.25, -0.2) is 4.79 Å². The van der Waals surface area contributed by atoms with Crippen LogP contribution in [-0.4, -0.2) is 42.9 Å². The van der Waals surface area contributed by atoms with Gasteiger partial charge < -0.3 is 20.7 Å². The molecule has 0 aliphatic carbocycles. The predicted octanol–water partition coefficient (Wildman–Crippen LogP) is -0.195. The van der Waals surface area contributed by atoms with Gasteiger partial charge in [0.15, 0.2) is 0 Å². The van der Waals surface area contributed by atoms with Crippen molar-refractivity contribution in [1.82, 2.24) is 10.6 Å². The van der Waals surface area contributed by atoms with Gasteiger partial charge in [0, 0.05) is 0 Å². The Morgan fingerprint density at radius 2 is 2.00 bits per heavy atom. The van der Waals surface area contributed by atoms with Crippen molar-refractivity contribution in [3.8, 4) is 0 Å². The number of carbonyl (C=O) groups excluding carboxylic acids is 4. The maximum absolute atomic E-state index is 12.1. The number of carbonyl (C=O) groups is 4. The number of rotatable bonds is 4. The fourth-order valence-corrected chi connectivity index (χ4v) is 2.18. The van der Waals surface area contributed by atoms with Crippen LogP contribution in [0.25, 0.3) is 0 Å². The SMILES string of the molecule is COC(=O)[C@H](C)NC(=O)C[C@H]1NC(=O)c2ccccc2NC1=O. The van der Waals surface area contributed by atoms with Crippen molar-refractivity contribution in [2.75, 3.05) is 12.4 Å². The monoisotopic (exact) mass is 319 g/mol. The Morgan fingerprint density at radius 3 is 2.70 bits per heavy atom. The van der Waals surface area contributed by atoms with Gasteiger partial charge in [-0.2, -0.15) is 0 Å². The molecule has 1 heterocycles. The third-order valence-corrected chi connectivity index (χ3v) is 3.37. The summed E-state index contributed by atoms with van der Waals surface area (Å²) in [4.78, 5) is 47.4. The quantitative estimate of drug-likeness (QED) is 0.665. The number of para-hydroxylation sites is 1. The van der Waals surface area contributed by atoms with Gasteiger partial charge in [0.05, 0.1) is 24.8 Å². The number of hydrogen-bond donors (Lipinski definition) is 3. The maximum atomic E-state index is 12.1. The van der Waals surface area contributed by atoms with E-state index in [9.17, 15) is 19.2 Å². The van der Waals surface area contributed by atoms with Gasteiger partial charge in [0.25, 0.3) is 5.91 Å². The van der Waals surface area contributed by atoms with E-state index in [2.05, 4.69) is 20.7 Å². The first-order chi connectivity index (χ1) is 10.9. The lowest BCUT2D eigenvalue weighted by Crippen LogP contribution is -2.47. The Bertz CT molecular complexity index is 658. The highest BCUT2D eigenvalue weighted by Gasteiger charge is 2.30. The number of methoxy groups -OCH3 is 1. The highest BCUT2D eigenvalue weighted by Crippen LogP contribution is 2.18. The summed E-state index contributed by atoms with van der Waals surface area (Å²) < 4.78 is 4.50. The van der Waals surface area contributed by atoms with E-state index in [-0.39, 0.29) is 6.42 Å². The van der Waals surface area contributed by atoms with Crippen molar-refractivity contribution in [2.24, 2.45) is 0 Å². The molecule has 1 aliphatic rings. The zero-order valence-corrected chi connectivity index (χ0v) is 12.7. The zero-order chi connectivity index (χ0) is 17.0. The molecule has 1 aromatic rings. The number of esters is 1. The van der Waals surface area contributed by atoms with Gasteiger partial charge >= 0.3 is 5.97 Å². The Balaban J connectivity index is 2.04. The molecule has 0 unspecified atom stereocenters. The van der Waals surface area contributed by atoms with Gasteiger partial charge in [-0.15, -0.1) is 0 Å². The second-order valence-electron chi connectivity index (χ2n) is 5.08. The van der Waals surface area contributed by atoms with Crippen LogP contribution in [0, 0.1) is 0 Å². The van der Waals surface area contributed by atoms with Crippen molar-refractivity contribution < 1.29 is 23.9 Å². The summed E-state index contributed by atoms with van der Waals surface area (Å²) in [5.41, 5.74) is 0.715. The fraction of sp³-hybridized carbons (Fsp3) is 0.333. The number of nitrogens with one attached hydrogen (secondary N) is 3. The summed E-state index contributed by atoms with van der Waals surface area (Å²) in [6.07, 6.45) is -0.285. The highest BCUT2D eigenvalue weighted by atomic mass is 16.5. The molecule has 2 rings (SSSR count). The molecule has 1 aromatic carbocycles. The second kappa shape index (κ2) is 6.91. The topological polar surface area (TPSA) is 114 Å². The minimum Gasteiger partial charge on any atom is -0.467 e. The van der Waals surface area contributed by atoms with Gasteiger partial charge in [-0.3, -0.25) is 14.4 Å². The molecule has 0 bridgehead atoms. The van der Waals surface area contributed by atoms with Gasteiger partial charge in [0.1, 0.15) is 12.1 Å². The predicted molar refractivity (Wildman–Crippen MR) is 80.6 cm³/mol. The van der Waals surface area contributed by atoms with Crippen molar-refractivity contribution >= 4 is 29.4 Å². The van der Waals surface area contributed by atoms with Crippen LogP contribution in [0.1, 0.15) is 23.7 Å². The number of anilines is 1. The molecule has 0 fully saturated rings. The first-order valence-electron chi connectivity index (χ1n) is 7.00. The molecule has 0 radical (unpaired) electrons. The van der Waals surface area contributed by atoms with Gasteiger partial charge in [0.2, 0.25) is 11.8 Å². The first kappa shape index (κ1) is 16.5. The van der Waals surface area contributed by atoms with Crippen LogP contribution in [0.4, 0.5) is 5.69 Å². The first-order valence-corrected chi connectivity index (χ1v) is 7.00. The standard InChI is InChI=1S/C15H17N3O5/c1-8(15(22)23-2)16-12(19)7-11-14(21)17-10-6-4-3-5-9(10)13(20)18-11/h3-6,8,11H,7H2,1-2H3,(H,16,19)(H,17,21)(H,18,20)/t8-,11+/m0/s1. The van der Waals surface area contributed by atoms with E-state index in [4.69, 9.17) is 0 Å². The summed E-state index contributed by atoms with van der Waals surface area (Å²) in [6, 6.07) is 4.68. The van der Waals surface area contributed by atoms with Gasteiger partial charge in [-0.05, 0) is 19.1 Å². The largest absolute Gasteiger partial charge is 0.467 e. The summed E-state index contributed by atoms with van der Waals surface area (Å²) in [6.45, 7) is 1.46. The average molecular weight is 319 g/mol. The summed E-state index contributed by atoms with van der Waals surface area (Å²) in [5.74, 6) is -2.09. The molecular weight excluding hydrogens is 302 g/mol. The minimum absolute atomic E-state index is 0.285. The molecule has 2 atom stereocenters. The summed E-state index contributed by atoms with van der Waals surface area (Å²) in [7, 11) is 1.21. The molecule has 23 heavy (non-hydrogen) atoms. The summed E-state index contributed by atoms with van der Waals surface area (Å²) >= 11 is 0. The molecule has 0 saturated carbocycles. The number of fused-ring (bicyclic) bond motifs is 1. The molecule has 0 aromatic heterocycles. The molecule has 3 amide bonds. The third-order valence-electron chi connectivity index (χ3n) is 3.37. The minimum atomic E-state index is -1.03. The van der Waals surface area contributed by atoms with Crippen molar-refractivity contribution in [3.63, 3.8) is 0 Å². The number of hydrogen-bond acceptors (Lipinski definition) is 5. The number of ether oxygens (including phenoxy) is 1. The molecule has 122 valence electrons. The van der Waals surface area contributed by atoms with Crippen LogP contribution >= 0.6 is 0 Å². The van der Waals surface area contributed by atoms with E-state index in [0.29, 0.717) is 11.3 Å². The molecule has 3 N–H and O–H groups in total. The molecule has 8 nitrogen and oxygen atoms in total. The lowest BCUT2D eigenvalue weighted by atomic mass is 10.1. The lowest BCUT2D eigenvalue weighted by Gasteiger charge is -2.16. The Kier molecular flexibility index (Phi) is 4.95. The molecule has 0 saturated heterocycles. The van der Waals surface area contributed by atoms with Crippen LogP contribution in [0.3, 0.4) is 0 Å². The smallest absolute Gasteiger partial charge is 0.328 e. The Hall–Kier alpha value is -2.90. The Labute approximate surface area is 132 Å². The van der Waals surface area contributed by atoms with Crippen molar-refractivity contribution in [2.45, 2.75) is 25.4 Å². The van der Waals surface area contributed by atoms with E-state index < -0.39 is 35.8 Å². The fourth-order valence-electron chi connectivity index (χ4n) is 2.18. The van der Waals surface area contributed by atoms with Gasteiger partial charge in [-0.1, -0.05) is 12.1 Å². The van der Waals surface area contributed by atoms with Crippen molar-refractivity contribution in [1.29, 1.82) is 0 Å². The average Bonchev–Trinajstić information content (AvgIpc) is 2.64. The van der Waals surface area contributed by atoms with E-state index in [0.717, 1.165) is 0 Å². The van der Waals surface area contributed by atoms with Crippen molar-refractivity contribution in [3.05, 3.63) is 29.8 Å². The number of amides is 3. The summed E-state index contributed by atoms with van der Waals surface area (Å²) in [5, 5.41) is 7.52. The van der Waals surface area contributed by atoms with Crippen LogP contribution in [0.2, 0.25) is 0 Å². The van der Waals surface area contributed by atoms with E-state index in [1.807, 2.05) is 0 Å². The molecule has 1 aliphatic heterocycles. The molecule has 8 heteroatoms. The van der Waals surface area contributed by atoms with E-state index in [1.54, 1.807) is 24.3 Å². The number of benzene rings is 1. The van der Waals surface area contributed by atoms with Crippen LogP contribution in [0.15, 0.2) is 24.3 Å². The lowest BCUT2D eigenvalue weighted by molar-refractivity contribution is -0.144. The van der Waals surface area contributed by atoms with Crippen LogP contribution in [0.5, 0.6) is 0 Å². The third kappa shape index (κ3) is 3.85. The van der Waals surface area contributed by atoms with Crippen LogP contribution in [-0.2, 0) is 19.1 Å². The highest BCUT2D eigenvalue weighted by molar-refractivity contribution is 6.10. The van der Waals surface area contributed by atoms with Crippen LogP contribution < -0.4 is 16.0 Å². The second-order valence-corrected chi connectivity index (χ2v) is 5.08. The molecule has 0 spiro atoms. The maximum Gasteiger partial charge on any atom is 0.328 e.